The second-order valence-electron chi connectivity index (χ2n) is 8.36. The van der Waals surface area contributed by atoms with Gasteiger partial charge in [-0.25, -0.2) is 0 Å². The maximum Gasteiger partial charge on any atom is 0.264 e. The summed E-state index contributed by atoms with van der Waals surface area (Å²) in [5.74, 6) is 1.56. The molecule has 0 radical (unpaired) electrons. The number of aromatic nitrogens is 1. The summed E-state index contributed by atoms with van der Waals surface area (Å²) in [6.07, 6.45) is 0.747. The van der Waals surface area contributed by atoms with Crippen molar-refractivity contribution >= 4 is 17.4 Å². The smallest absolute Gasteiger partial charge is 0.264 e. The van der Waals surface area contributed by atoms with Gasteiger partial charge in [0.2, 0.25) is 11.2 Å². The Balaban J connectivity index is 1.45. The van der Waals surface area contributed by atoms with Gasteiger partial charge in [0.1, 0.15) is 23.9 Å². The summed E-state index contributed by atoms with van der Waals surface area (Å²) in [4.78, 5) is 39.1. The van der Waals surface area contributed by atoms with Gasteiger partial charge in [0.25, 0.3) is 5.91 Å². The highest BCUT2D eigenvalue weighted by molar-refractivity contribution is 6.03. The van der Waals surface area contributed by atoms with Crippen molar-refractivity contribution in [1.82, 2.24) is 4.57 Å². The van der Waals surface area contributed by atoms with Crippen LogP contribution in [0, 0.1) is 6.92 Å². The van der Waals surface area contributed by atoms with E-state index in [2.05, 4.69) is 0 Å². The molecule has 0 saturated carbocycles. The first-order chi connectivity index (χ1) is 17.3. The van der Waals surface area contributed by atoms with E-state index < -0.39 is 6.10 Å². The number of ether oxygens (including phenoxy) is 4. The standard InChI is InChI=1S/C27H28N2O7/c1-17-27(23(30)11-12-29(17)13-14-34-21-8-6-20(33-4)7-9-21)36-18(2)26(32)19-5-10-24-22(15-19)28(3)25(31)16-35-24/h5-12,15,18H,13-14,16H2,1-4H3. The number of benzene rings is 2. The van der Waals surface area contributed by atoms with Crippen LogP contribution >= 0.6 is 0 Å². The lowest BCUT2D eigenvalue weighted by atomic mass is 10.0. The zero-order valence-corrected chi connectivity index (χ0v) is 20.6. The topological polar surface area (TPSA) is 96.3 Å². The number of fused-ring (bicyclic) bond motifs is 1. The van der Waals surface area contributed by atoms with E-state index >= 15 is 0 Å². The third-order valence-electron chi connectivity index (χ3n) is 6.04. The molecule has 3 aromatic rings. The lowest BCUT2D eigenvalue weighted by Crippen LogP contribution is -2.35. The van der Waals surface area contributed by atoms with E-state index in [1.807, 2.05) is 28.8 Å². The normalized spacial score (nSPS) is 13.4. The van der Waals surface area contributed by atoms with E-state index in [0.717, 1.165) is 5.75 Å². The Kier molecular flexibility index (Phi) is 7.28. The molecule has 36 heavy (non-hydrogen) atoms. The summed E-state index contributed by atoms with van der Waals surface area (Å²) in [7, 11) is 3.23. The van der Waals surface area contributed by atoms with Crippen LogP contribution in [0.15, 0.2) is 59.5 Å². The number of carbonyl (C=O) groups is 2. The Morgan fingerprint density at radius 3 is 2.53 bits per heavy atom. The molecule has 1 aliphatic heterocycles. The van der Waals surface area contributed by atoms with Crippen LogP contribution in [-0.2, 0) is 11.3 Å². The molecule has 0 aliphatic carbocycles. The maximum atomic E-state index is 13.1. The number of rotatable bonds is 9. The molecule has 0 N–H and O–H groups in total. The fourth-order valence-electron chi connectivity index (χ4n) is 3.86. The van der Waals surface area contributed by atoms with Crippen molar-refractivity contribution in [3.63, 3.8) is 0 Å². The third-order valence-corrected chi connectivity index (χ3v) is 6.04. The van der Waals surface area contributed by atoms with Crippen LogP contribution in [0.25, 0.3) is 0 Å². The lowest BCUT2D eigenvalue weighted by Gasteiger charge is -2.26. The summed E-state index contributed by atoms with van der Waals surface area (Å²) in [6, 6.07) is 13.6. The molecular formula is C27H28N2O7. The van der Waals surface area contributed by atoms with Gasteiger partial charge in [-0.2, -0.15) is 0 Å². The Hall–Kier alpha value is -4.27. The molecule has 9 heteroatoms. The molecule has 0 saturated heterocycles. The molecule has 188 valence electrons. The fourth-order valence-corrected chi connectivity index (χ4v) is 3.86. The van der Waals surface area contributed by atoms with E-state index in [-0.39, 0.29) is 29.5 Å². The molecule has 2 aromatic carbocycles. The number of anilines is 1. The Morgan fingerprint density at radius 2 is 1.81 bits per heavy atom. The molecule has 0 bridgehead atoms. The summed E-state index contributed by atoms with van der Waals surface area (Å²) in [5.41, 5.74) is 1.14. The van der Waals surface area contributed by atoms with Crippen molar-refractivity contribution in [2.24, 2.45) is 0 Å². The Morgan fingerprint density at radius 1 is 1.08 bits per heavy atom. The van der Waals surface area contributed by atoms with Gasteiger partial charge in [-0.15, -0.1) is 0 Å². The quantitative estimate of drug-likeness (QED) is 0.423. The monoisotopic (exact) mass is 492 g/mol. The molecule has 1 atom stereocenters. The number of methoxy groups -OCH3 is 1. The van der Waals surface area contributed by atoms with E-state index in [1.54, 1.807) is 52.4 Å². The van der Waals surface area contributed by atoms with Gasteiger partial charge < -0.3 is 28.4 Å². The van der Waals surface area contributed by atoms with Gasteiger partial charge in [-0.3, -0.25) is 14.4 Å². The molecule has 1 unspecified atom stereocenters. The highest BCUT2D eigenvalue weighted by Crippen LogP contribution is 2.32. The molecule has 1 amide bonds. The van der Waals surface area contributed by atoms with Crippen LogP contribution in [0.5, 0.6) is 23.0 Å². The van der Waals surface area contributed by atoms with Gasteiger partial charge in [0.05, 0.1) is 25.0 Å². The van der Waals surface area contributed by atoms with E-state index in [0.29, 0.717) is 41.6 Å². The molecule has 0 spiro atoms. The third kappa shape index (κ3) is 5.19. The minimum absolute atomic E-state index is 0.0407. The first-order valence-corrected chi connectivity index (χ1v) is 11.5. The van der Waals surface area contributed by atoms with Crippen LogP contribution in [0.1, 0.15) is 23.0 Å². The molecule has 9 nitrogen and oxygen atoms in total. The van der Waals surface area contributed by atoms with Crippen molar-refractivity contribution in [1.29, 1.82) is 0 Å². The number of likely N-dealkylation sites (N-methyl/N-ethyl adjacent to an activating group) is 1. The number of nitrogens with zero attached hydrogens (tertiary/aromatic N) is 2. The summed E-state index contributed by atoms with van der Waals surface area (Å²) < 4.78 is 24.1. The van der Waals surface area contributed by atoms with Crippen molar-refractivity contribution in [2.45, 2.75) is 26.5 Å². The first-order valence-electron chi connectivity index (χ1n) is 11.5. The molecule has 4 rings (SSSR count). The zero-order chi connectivity index (χ0) is 25.8. The van der Waals surface area contributed by atoms with Gasteiger partial charge in [-0.05, 0) is 56.3 Å². The SMILES string of the molecule is COc1ccc(OCCn2ccc(=O)c(OC(C)C(=O)c3ccc4c(c3)N(C)C(=O)CO4)c2C)cc1. The minimum Gasteiger partial charge on any atom is -0.497 e. The van der Waals surface area contributed by atoms with E-state index in [4.69, 9.17) is 18.9 Å². The zero-order valence-electron chi connectivity index (χ0n) is 20.6. The van der Waals surface area contributed by atoms with Crippen molar-refractivity contribution in [3.8, 4) is 23.0 Å². The number of hydrogen-bond donors (Lipinski definition) is 0. The lowest BCUT2D eigenvalue weighted by molar-refractivity contribution is -0.120. The largest absolute Gasteiger partial charge is 0.497 e. The van der Waals surface area contributed by atoms with Gasteiger partial charge in [0.15, 0.2) is 18.5 Å². The van der Waals surface area contributed by atoms with Crippen LogP contribution in [0.2, 0.25) is 0 Å². The highest BCUT2D eigenvalue weighted by atomic mass is 16.5. The average Bonchev–Trinajstić information content (AvgIpc) is 2.89. The molecule has 1 aliphatic rings. The number of amides is 1. The van der Waals surface area contributed by atoms with Crippen molar-refractivity contribution in [2.75, 3.05) is 32.3 Å². The second-order valence-corrected chi connectivity index (χ2v) is 8.36. The fraction of sp³-hybridized carbons (Fsp3) is 0.296. The summed E-state index contributed by atoms with van der Waals surface area (Å²) >= 11 is 0. The number of ketones is 1. The molecule has 2 heterocycles. The number of pyridine rings is 1. The number of hydrogen-bond acceptors (Lipinski definition) is 7. The maximum absolute atomic E-state index is 13.1. The van der Waals surface area contributed by atoms with Crippen LogP contribution in [0.4, 0.5) is 5.69 Å². The molecule has 0 fully saturated rings. The van der Waals surface area contributed by atoms with Gasteiger partial charge >= 0.3 is 0 Å². The van der Waals surface area contributed by atoms with Gasteiger partial charge in [0, 0.05) is 24.9 Å². The Labute approximate surface area is 208 Å². The van der Waals surface area contributed by atoms with Crippen LogP contribution in [-0.4, -0.2) is 49.7 Å². The average molecular weight is 493 g/mol. The number of Topliss-reactive ketones (excluding diaryl/α,β-unsaturated/α-hetero) is 1. The summed E-state index contributed by atoms with van der Waals surface area (Å²) in [5, 5.41) is 0. The van der Waals surface area contributed by atoms with Crippen LogP contribution in [0.3, 0.4) is 0 Å². The first kappa shape index (κ1) is 24.8. The minimum atomic E-state index is -0.925. The van der Waals surface area contributed by atoms with Crippen LogP contribution < -0.4 is 29.3 Å². The van der Waals surface area contributed by atoms with Crippen molar-refractivity contribution < 1.29 is 28.5 Å². The van der Waals surface area contributed by atoms with E-state index in [9.17, 15) is 14.4 Å². The van der Waals surface area contributed by atoms with Gasteiger partial charge in [-0.1, -0.05) is 0 Å². The highest BCUT2D eigenvalue weighted by Gasteiger charge is 2.26. The molecular weight excluding hydrogens is 464 g/mol. The summed E-state index contributed by atoms with van der Waals surface area (Å²) in [6.45, 7) is 4.16. The predicted molar refractivity (Wildman–Crippen MR) is 134 cm³/mol. The predicted octanol–water partition coefficient (Wildman–Crippen LogP) is 3.25. The second kappa shape index (κ2) is 10.6. The van der Waals surface area contributed by atoms with E-state index in [1.165, 1.54) is 11.0 Å². The Bertz CT molecular complexity index is 1330. The van der Waals surface area contributed by atoms with Crippen molar-refractivity contribution in [3.05, 3.63) is 76.2 Å². The number of carbonyl (C=O) groups excluding carboxylic acids is 2. The molecule has 1 aromatic heterocycles.